The van der Waals surface area contributed by atoms with E-state index < -0.39 is 0 Å². The van der Waals surface area contributed by atoms with Gasteiger partial charge in [0.05, 0.1) is 6.61 Å². The van der Waals surface area contributed by atoms with Gasteiger partial charge in [-0.3, -0.25) is 0 Å². The second-order valence-electron chi connectivity index (χ2n) is 7.54. The minimum Gasteiger partial charge on any atom is -0.236 e. The van der Waals surface area contributed by atoms with Crippen LogP contribution in [0.5, 0.6) is 0 Å². The van der Waals surface area contributed by atoms with Crippen LogP contribution in [0.4, 0.5) is 0 Å². The van der Waals surface area contributed by atoms with E-state index in [0.717, 1.165) is 24.7 Å². The average molecular weight is 345 g/mol. The summed E-state index contributed by atoms with van der Waals surface area (Å²) < 4.78 is 0. The molecule has 1 aromatic rings. The van der Waals surface area contributed by atoms with E-state index in [1.807, 2.05) is 6.08 Å². The average Bonchev–Trinajstić information content (AvgIpc) is 2.66. The van der Waals surface area contributed by atoms with Crippen LogP contribution < -0.4 is 0 Å². The van der Waals surface area contributed by atoms with Crippen LogP contribution in [0.2, 0.25) is 0 Å². The van der Waals surface area contributed by atoms with Gasteiger partial charge in [0.2, 0.25) is 0 Å². The van der Waals surface area contributed by atoms with Crippen molar-refractivity contribution in [3.05, 3.63) is 48.0 Å². The van der Waals surface area contributed by atoms with Crippen molar-refractivity contribution in [3.8, 4) is 0 Å². The van der Waals surface area contributed by atoms with Crippen molar-refractivity contribution in [3.63, 3.8) is 0 Å². The molecule has 1 aliphatic carbocycles. The predicted octanol–water partition coefficient (Wildman–Crippen LogP) is 6.64. The van der Waals surface area contributed by atoms with Gasteiger partial charge >= 0.3 is 0 Å². The minimum absolute atomic E-state index is 0.536. The Morgan fingerprint density at radius 1 is 0.920 bits per heavy atom. The van der Waals surface area contributed by atoms with Crippen LogP contribution in [0.25, 0.3) is 0 Å². The van der Waals surface area contributed by atoms with Gasteiger partial charge in [-0.25, -0.2) is 9.78 Å². The Balaban J connectivity index is 1.57. The van der Waals surface area contributed by atoms with E-state index in [4.69, 9.17) is 9.78 Å². The molecule has 1 aliphatic rings. The Morgan fingerprint density at radius 2 is 1.60 bits per heavy atom. The first-order valence-corrected chi connectivity index (χ1v) is 10.2. The van der Waals surface area contributed by atoms with Crippen molar-refractivity contribution in [2.24, 2.45) is 11.8 Å². The molecule has 1 aromatic carbocycles. The number of unbranched alkanes of at least 4 members (excludes halogenated alkanes) is 3. The smallest absolute Gasteiger partial charge is 0.107 e. The molecule has 0 amide bonds. The molecule has 0 atom stereocenters. The molecule has 0 N–H and O–H groups in total. The Hall–Kier alpha value is -1.12. The lowest BCUT2D eigenvalue weighted by atomic mass is 9.78. The Kier molecular flexibility index (Phi) is 9.91. The van der Waals surface area contributed by atoms with Gasteiger partial charge in [0.15, 0.2) is 0 Å². The van der Waals surface area contributed by atoms with Crippen LogP contribution in [0.15, 0.2) is 36.9 Å². The third-order valence-electron chi connectivity index (χ3n) is 5.54. The molecule has 0 saturated heterocycles. The fourth-order valence-corrected chi connectivity index (χ4v) is 3.74. The minimum atomic E-state index is 0.536. The fraction of sp³-hybridized carbons (Fsp3) is 0.652. The molecule has 140 valence electrons. The van der Waals surface area contributed by atoms with E-state index in [9.17, 15) is 0 Å². The largest absolute Gasteiger partial charge is 0.236 e. The fourth-order valence-electron chi connectivity index (χ4n) is 3.74. The number of hydrogen-bond acceptors (Lipinski definition) is 2. The third kappa shape index (κ3) is 8.20. The number of benzene rings is 1. The van der Waals surface area contributed by atoms with Crippen LogP contribution in [-0.4, -0.2) is 6.61 Å². The molecule has 0 spiro atoms. The van der Waals surface area contributed by atoms with Crippen molar-refractivity contribution < 1.29 is 9.78 Å². The maximum absolute atomic E-state index is 5.32. The molecule has 0 aromatic heterocycles. The molecule has 2 heteroatoms. The normalized spacial score (nSPS) is 20.5. The highest BCUT2D eigenvalue weighted by atomic mass is 17.2. The molecule has 2 nitrogen and oxygen atoms in total. The first-order chi connectivity index (χ1) is 12.3. The van der Waals surface area contributed by atoms with Crippen LogP contribution in [0.1, 0.15) is 75.8 Å². The first kappa shape index (κ1) is 20.2. The van der Waals surface area contributed by atoms with Crippen LogP contribution in [0, 0.1) is 11.8 Å². The summed E-state index contributed by atoms with van der Waals surface area (Å²) in [6.45, 7) is 7.27. The van der Waals surface area contributed by atoms with Gasteiger partial charge in [-0.1, -0.05) is 62.9 Å². The molecule has 0 radical (unpaired) electrons. The maximum atomic E-state index is 5.32. The first-order valence-electron chi connectivity index (χ1n) is 10.2. The molecule has 0 aliphatic heterocycles. The topological polar surface area (TPSA) is 18.5 Å². The zero-order valence-corrected chi connectivity index (χ0v) is 16.1. The summed E-state index contributed by atoms with van der Waals surface area (Å²) in [5.41, 5.74) is 2.65. The molecule has 0 heterocycles. The maximum Gasteiger partial charge on any atom is 0.107 e. The molecular weight excluding hydrogens is 308 g/mol. The molecule has 1 saturated carbocycles. The van der Waals surface area contributed by atoms with Gasteiger partial charge in [0.1, 0.15) is 6.61 Å². The van der Waals surface area contributed by atoms with Crippen LogP contribution in [-0.2, 0) is 22.8 Å². The Labute approximate surface area is 154 Å². The van der Waals surface area contributed by atoms with Crippen LogP contribution >= 0.6 is 0 Å². The second kappa shape index (κ2) is 12.3. The zero-order chi connectivity index (χ0) is 17.7. The number of rotatable bonds is 12. The molecule has 2 rings (SSSR count). The van der Waals surface area contributed by atoms with Crippen molar-refractivity contribution in [2.75, 3.05) is 6.61 Å². The molecule has 1 fully saturated rings. The molecular formula is C23H36O2. The Bertz CT molecular complexity index is 457. The van der Waals surface area contributed by atoms with Gasteiger partial charge in [-0.05, 0) is 61.5 Å². The number of hydrogen-bond donors (Lipinski definition) is 0. The standard InChI is InChI=1S/C23H36O2/c1-3-5-6-7-8-17-24-25-19-23-15-13-22(14-16-23)18-21-11-9-20(4-2)10-12-21/h3,13-16,20-21H,1,4-12,17-19H2,2H3. The lowest BCUT2D eigenvalue weighted by Crippen LogP contribution is -2.15. The second-order valence-corrected chi connectivity index (χ2v) is 7.54. The monoisotopic (exact) mass is 344 g/mol. The summed E-state index contributed by atoms with van der Waals surface area (Å²) in [5.74, 6) is 1.87. The van der Waals surface area contributed by atoms with E-state index in [2.05, 4.69) is 37.8 Å². The van der Waals surface area contributed by atoms with E-state index >= 15 is 0 Å². The summed E-state index contributed by atoms with van der Waals surface area (Å²) in [5, 5.41) is 0. The third-order valence-corrected chi connectivity index (χ3v) is 5.54. The van der Waals surface area contributed by atoms with Crippen molar-refractivity contribution >= 4 is 0 Å². The van der Waals surface area contributed by atoms with Crippen molar-refractivity contribution in [1.82, 2.24) is 0 Å². The summed E-state index contributed by atoms with van der Waals surface area (Å²) in [6.07, 6.45) is 14.7. The van der Waals surface area contributed by atoms with Crippen LogP contribution in [0.3, 0.4) is 0 Å². The predicted molar refractivity (Wildman–Crippen MR) is 105 cm³/mol. The zero-order valence-electron chi connectivity index (χ0n) is 16.1. The lowest BCUT2D eigenvalue weighted by molar-refractivity contribution is -0.304. The van der Waals surface area contributed by atoms with Gasteiger partial charge in [0, 0.05) is 0 Å². The van der Waals surface area contributed by atoms with E-state index in [1.165, 1.54) is 62.5 Å². The molecule has 0 bridgehead atoms. The molecule has 0 unspecified atom stereocenters. The summed E-state index contributed by atoms with van der Waals surface area (Å²) in [4.78, 5) is 10.6. The highest BCUT2D eigenvalue weighted by Crippen LogP contribution is 2.32. The quantitative estimate of drug-likeness (QED) is 0.183. The number of allylic oxidation sites excluding steroid dienone is 1. The summed E-state index contributed by atoms with van der Waals surface area (Å²) >= 11 is 0. The van der Waals surface area contributed by atoms with E-state index in [1.54, 1.807) is 0 Å². The SMILES string of the molecule is C=CCCCCCOOCc1ccc(CC2CCC(CC)CC2)cc1. The lowest BCUT2D eigenvalue weighted by Gasteiger charge is -2.27. The summed E-state index contributed by atoms with van der Waals surface area (Å²) in [7, 11) is 0. The highest BCUT2D eigenvalue weighted by molar-refractivity contribution is 5.22. The van der Waals surface area contributed by atoms with Gasteiger partial charge in [0.25, 0.3) is 0 Å². The summed E-state index contributed by atoms with van der Waals surface area (Å²) in [6, 6.07) is 8.89. The van der Waals surface area contributed by atoms with Crippen molar-refractivity contribution in [2.45, 2.75) is 77.7 Å². The molecule has 25 heavy (non-hydrogen) atoms. The van der Waals surface area contributed by atoms with Crippen molar-refractivity contribution in [1.29, 1.82) is 0 Å². The van der Waals surface area contributed by atoms with E-state index in [-0.39, 0.29) is 0 Å². The van der Waals surface area contributed by atoms with E-state index in [0.29, 0.717) is 13.2 Å². The van der Waals surface area contributed by atoms with Gasteiger partial charge < -0.3 is 0 Å². The highest BCUT2D eigenvalue weighted by Gasteiger charge is 2.19. The van der Waals surface area contributed by atoms with Gasteiger partial charge in [-0.15, -0.1) is 6.58 Å². The van der Waals surface area contributed by atoms with Gasteiger partial charge in [-0.2, -0.15) is 0 Å². The Morgan fingerprint density at radius 3 is 2.28 bits per heavy atom.